The SMILES string of the molecule is CC.CC1=CCC(C)C(C)C1.O=CCl. The van der Waals surface area contributed by atoms with Gasteiger partial charge in [-0.25, -0.2) is 0 Å². The summed E-state index contributed by atoms with van der Waals surface area (Å²) < 4.78 is 0. The van der Waals surface area contributed by atoms with Gasteiger partial charge in [-0.05, 0) is 43.2 Å². The monoisotopic (exact) mass is 218 g/mol. The lowest BCUT2D eigenvalue weighted by Gasteiger charge is -2.23. The molecule has 14 heavy (non-hydrogen) atoms. The van der Waals surface area contributed by atoms with Gasteiger partial charge in [-0.15, -0.1) is 0 Å². The Kier molecular flexibility index (Phi) is 12.4. The highest BCUT2D eigenvalue weighted by molar-refractivity contribution is 6.54. The molecule has 1 rings (SSSR count). The summed E-state index contributed by atoms with van der Waals surface area (Å²) in [5.74, 6) is 2.05. The second-order valence-electron chi connectivity index (χ2n) is 3.53. The molecule has 0 bridgehead atoms. The maximum atomic E-state index is 8.57. The van der Waals surface area contributed by atoms with Crippen LogP contribution in [-0.2, 0) is 4.79 Å². The number of hydrogen-bond acceptors (Lipinski definition) is 1. The van der Waals surface area contributed by atoms with Gasteiger partial charge in [-0.1, -0.05) is 39.3 Å². The van der Waals surface area contributed by atoms with Crippen LogP contribution in [0.3, 0.4) is 0 Å². The van der Waals surface area contributed by atoms with E-state index in [1.54, 1.807) is 5.57 Å². The molecule has 1 aliphatic carbocycles. The second-order valence-corrected chi connectivity index (χ2v) is 3.71. The summed E-state index contributed by atoms with van der Waals surface area (Å²) in [6, 6.07) is 0. The average Bonchev–Trinajstić information content (AvgIpc) is 2.17. The van der Waals surface area contributed by atoms with Gasteiger partial charge in [0.15, 0.2) is 0 Å². The summed E-state index contributed by atoms with van der Waals surface area (Å²) in [6.45, 7) is 10.9. The smallest absolute Gasteiger partial charge is 0.208 e. The van der Waals surface area contributed by atoms with Crippen LogP contribution in [0.4, 0.5) is 0 Å². The molecule has 0 spiro atoms. The fourth-order valence-electron chi connectivity index (χ4n) is 1.41. The van der Waals surface area contributed by atoms with Crippen molar-refractivity contribution in [2.75, 3.05) is 0 Å². The van der Waals surface area contributed by atoms with Crippen LogP contribution in [0, 0.1) is 11.8 Å². The molecule has 0 N–H and O–H groups in total. The molecule has 0 heterocycles. The number of rotatable bonds is 0. The molecule has 0 aromatic carbocycles. The zero-order valence-electron chi connectivity index (χ0n) is 10.0. The molecular weight excluding hydrogens is 196 g/mol. The van der Waals surface area contributed by atoms with Gasteiger partial charge in [0.25, 0.3) is 0 Å². The lowest BCUT2D eigenvalue weighted by atomic mass is 9.83. The zero-order valence-corrected chi connectivity index (χ0v) is 10.8. The minimum Gasteiger partial charge on any atom is -0.285 e. The summed E-state index contributed by atoms with van der Waals surface area (Å²) >= 11 is 4.32. The summed E-state index contributed by atoms with van der Waals surface area (Å²) in [6.07, 6.45) is 5.00. The van der Waals surface area contributed by atoms with E-state index in [9.17, 15) is 0 Å². The van der Waals surface area contributed by atoms with Gasteiger partial charge in [0.05, 0.1) is 0 Å². The summed E-state index contributed by atoms with van der Waals surface area (Å²) in [7, 11) is 0. The second kappa shape index (κ2) is 10.8. The van der Waals surface area contributed by atoms with Crippen molar-refractivity contribution in [3.05, 3.63) is 11.6 Å². The number of allylic oxidation sites excluding steroid dienone is 2. The number of carbonyl (C=O) groups excluding carboxylic acids is 1. The van der Waals surface area contributed by atoms with Crippen LogP contribution >= 0.6 is 11.6 Å². The molecule has 2 atom stereocenters. The van der Waals surface area contributed by atoms with E-state index in [0.717, 1.165) is 11.8 Å². The molecule has 0 aromatic heterocycles. The quantitative estimate of drug-likeness (QED) is 0.334. The lowest BCUT2D eigenvalue weighted by Crippen LogP contribution is -2.11. The number of hydrogen-bond donors (Lipinski definition) is 0. The highest BCUT2D eigenvalue weighted by atomic mass is 35.5. The van der Waals surface area contributed by atoms with Crippen molar-refractivity contribution in [1.29, 1.82) is 0 Å². The molecule has 84 valence electrons. The maximum absolute atomic E-state index is 8.57. The van der Waals surface area contributed by atoms with Gasteiger partial charge >= 0.3 is 0 Å². The first-order valence-electron chi connectivity index (χ1n) is 5.31. The van der Waals surface area contributed by atoms with Crippen LogP contribution in [0.5, 0.6) is 0 Å². The van der Waals surface area contributed by atoms with Crippen molar-refractivity contribution in [3.63, 3.8) is 0 Å². The first-order valence-corrected chi connectivity index (χ1v) is 5.75. The van der Waals surface area contributed by atoms with E-state index in [0.29, 0.717) is 0 Å². The summed E-state index contributed by atoms with van der Waals surface area (Å²) in [4.78, 5) is 8.57. The standard InChI is InChI=1S/C9H16.C2H6.CHClO/c1-7-4-5-8(2)9(3)6-7;1-2;2-1-3/h4,8-9H,5-6H2,1-3H3;1-2H3;1H. The van der Waals surface area contributed by atoms with Gasteiger partial charge < -0.3 is 0 Å². The van der Waals surface area contributed by atoms with E-state index in [1.165, 1.54) is 12.8 Å². The first kappa shape index (κ1) is 16.1. The molecule has 0 amide bonds. The molecule has 0 aromatic rings. The molecule has 0 fully saturated rings. The Labute approximate surface area is 93.5 Å². The van der Waals surface area contributed by atoms with E-state index >= 15 is 0 Å². The van der Waals surface area contributed by atoms with E-state index in [-0.39, 0.29) is 5.75 Å². The highest BCUT2D eigenvalue weighted by Gasteiger charge is 2.15. The third-order valence-corrected chi connectivity index (χ3v) is 2.45. The Balaban J connectivity index is 0. The lowest BCUT2D eigenvalue weighted by molar-refractivity contribution is 0.369. The fourth-order valence-corrected chi connectivity index (χ4v) is 1.41. The van der Waals surface area contributed by atoms with Gasteiger partial charge in [0, 0.05) is 0 Å². The Morgan fingerprint density at radius 2 is 1.79 bits per heavy atom. The van der Waals surface area contributed by atoms with Gasteiger partial charge in [0.1, 0.15) is 0 Å². The third-order valence-electron chi connectivity index (χ3n) is 2.45. The minimum absolute atomic E-state index is 0.222. The van der Waals surface area contributed by atoms with E-state index < -0.39 is 0 Å². The maximum Gasteiger partial charge on any atom is 0.208 e. The van der Waals surface area contributed by atoms with E-state index in [4.69, 9.17) is 4.79 Å². The predicted molar refractivity (Wildman–Crippen MR) is 65.3 cm³/mol. The van der Waals surface area contributed by atoms with E-state index in [1.807, 2.05) is 13.8 Å². The largest absolute Gasteiger partial charge is 0.285 e. The van der Waals surface area contributed by atoms with Crippen LogP contribution in [0.1, 0.15) is 47.5 Å². The topological polar surface area (TPSA) is 17.1 Å². The molecule has 1 nitrogen and oxygen atoms in total. The highest BCUT2D eigenvalue weighted by Crippen LogP contribution is 2.27. The number of carbonyl (C=O) groups is 1. The molecule has 2 heteroatoms. The van der Waals surface area contributed by atoms with Crippen LogP contribution < -0.4 is 0 Å². The Morgan fingerprint density at radius 1 is 1.36 bits per heavy atom. The Morgan fingerprint density at radius 3 is 2.07 bits per heavy atom. The molecule has 0 saturated carbocycles. The molecule has 2 unspecified atom stereocenters. The summed E-state index contributed by atoms with van der Waals surface area (Å²) in [5, 5.41) is 0. The molecule has 1 aliphatic rings. The molecule has 0 aliphatic heterocycles. The normalized spacial score (nSPS) is 24.6. The third kappa shape index (κ3) is 8.31. The van der Waals surface area contributed by atoms with Crippen LogP contribution in [-0.4, -0.2) is 5.75 Å². The predicted octanol–water partition coefficient (Wildman–Crippen LogP) is 4.44. The molecular formula is C12H23ClO. The van der Waals surface area contributed by atoms with Crippen LogP contribution in [0.15, 0.2) is 11.6 Å². The minimum atomic E-state index is 0.222. The fraction of sp³-hybridized carbons (Fsp3) is 0.750. The molecule has 0 radical (unpaired) electrons. The average molecular weight is 219 g/mol. The van der Waals surface area contributed by atoms with Crippen LogP contribution in [0.2, 0.25) is 0 Å². The van der Waals surface area contributed by atoms with Crippen molar-refractivity contribution in [1.82, 2.24) is 0 Å². The van der Waals surface area contributed by atoms with Crippen molar-refractivity contribution < 1.29 is 4.79 Å². The first-order chi connectivity index (χ1) is 6.61. The van der Waals surface area contributed by atoms with Crippen molar-refractivity contribution >= 4 is 17.3 Å². The molecule has 0 saturated heterocycles. The summed E-state index contributed by atoms with van der Waals surface area (Å²) in [5.41, 5.74) is 1.58. The van der Waals surface area contributed by atoms with E-state index in [2.05, 4.69) is 38.4 Å². The van der Waals surface area contributed by atoms with Gasteiger partial charge in [-0.3, -0.25) is 4.79 Å². The number of halogens is 1. The van der Waals surface area contributed by atoms with Crippen molar-refractivity contribution in [2.24, 2.45) is 11.8 Å². The van der Waals surface area contributed by atoms with Gasteiger partial charge in [0.2, 0.25) is 5.75 Å². The van der Waals surface area contributed by atoms with Crippen LogP contribution in [0.25, 0.3) is 0 Å². The van der Waals surface area contributed by atoms with Gasteiger partial charge in [-0.2, -0.15) is 0 Å². The zero-order chi connectivity index (χ0) is 11.6. The Bertz CT molecular complexity index is 164. The van der Waals surface area contributed by atoms with Crippen molar-refractivity contribution in [2.45, 2.75) is 47.5 Å². The van der Waals surface area contributed by atoms with Crippen molar-refractivity contribution in [3.8, 4) is 0 Å². The Hall–Kier alpha value is -0.300.